The smallest absolute Gasteiger partial charge is 0.415 e. The standard InChI is InChI=1S/C17H24N2O3Si/c1-17(2,3)22-16(20)19-10-11-21-15-13(8-12-23(4,5)6)18-9-7-14(15)19/h7,9H,10-11H2,1-6H3. The average Bonchev–Trinajstić information content (AvgIpc) is 2.41. The van der Waals surface area contributed by atoms with Crippen molar-refractivity contribution in [2.75, 3.05) is 18.1 Å². The predicted molar refractivity (Wildman–Crippen MR) is 93.5 cm³/mol. The Morgan fingerprint density at radius 1 is 1.39 bits per heavy atom. The Bertz CT molecular complexity index is 663. The van der Waals surface area contributed by atoms with Crippen molar-refractivity contribution in [1.29, 1.82) is 0 Å². The highest BCUT2D eigenvalue weighted by Crippen LogP contribution is 2.34. The molecule has 6 heteroatoms. The SMILES string of the molecule is CC(C)(C)OC(=O)N1CCOc2c1ccnc2C#C[Si](C)(C)C. The van der Waals surface area contributed by atoms with Crippen molar-refractivity contribution in [2.24, 2.45) is 0 Å². The number of pyridine rings is 1. The Morgan fingerprint density at radius 3 is 2.70 bits per heavy atom. The second kappa shape index (κ2) is 6.24. The number of rotatable bonds is 0. The highest BCUT2D eigenvalue weighted by molar-refractivity contribution is 6.83. The third kappa shape index (κ3) is 4.73. The van der Waals surface area contributed by atoms with Gasteiger partial charge in [0, 0.05) is 6.20 Å². The average molecular weight is 332 g/mol. The summed E-state index contributed by atoms with van der Waals surface area (Å²) in [7, 11) is -1.52. The van der Waals surface area contributed by atoms with Gasteiger partial charge in [-0.2, -0.15) is 0 Å². The zero-order valence-corrected chi connectivity index (χ0v) is 15.7. The number of carbonyl (C=O) groups is 1. The van der Waals surface area contributed by atoms with Crippen LogP contribution in [0.1, 0.15) is 26.5 Å². The molecule has 0 bridgehead atoms. The number of aromatic nitrogens is 1. The molecular formula is C17H24N2O3Si. The minimum absolute atomic E-state index is 0.377. The fourth-order valence-electron chi connectivity index (χ4n) is 1.99. The number of hydrogen-bond acceptors (Lipinski definition) is 4. The first kappa shape index (κ1) is 17.4. The van der Waals surface area contributed by atoms with Crippen molar-refractivity contribution >= 4 is 19.9 Å². The van der Waals surface area contributed by atoms with Crippen LogP contribution >= 0.6 is 0 Å². The Balaban J connectivity index is 2.36. The van der Waals surface area contributed by atoms with Gasteiger partial charge in [-0.25, -0.2) is 9.78 Å². The molecule has 1 aliphatic heterocycles. The van der Waals surface area contributed by atoms with Crippen LogP contribution in [0.15, 0.2) is 12.3 Å². The molecule has 124 valence electrons. The second-order valence-electron chi connectivity index (χ2n) is 7.49. The molecular weight excluding hydrogens is 308 g/mol. The molecule has 2 rings (SSSR count). The van der Waals surface area contributed by atoms with Crippen molar-refractivity contribution in [2.45, 2.75) is 46.0 Å². The molecule has 1 aromatic rings. The van der Waals surface area contributed by atoms with E-state index in [1.165, 1.54) is 0 Å². The van der Waals surface area contributed by atoms with Crippen molar-refractivity contribution in [3.8, 4) is 17.2 Å². The fraction of sp³-hybridized carbons (Fsp3) is 0.529. The first-order chi connectivity index (χ1) is 10.6. The molecule has 0 saturated carbocycles. The molecule has 0 unspecified atom stereocenters. The number of hydrogen-bond donors (Lipinski definition) is 0. The Morgan fingerprint density at radius 2 is 2.09 bits per heavy atom. The van der Waals surface area contributed by atoms with Crippen LogP contribution in [0.25, 0.3) is 0 Å². The minimum Gasteiger partial charge on any atom is -0.487 e. The monoisotopic (exact) mass is 332 g/mol. The predicted octanol–water partition coefficient (Wildman–Crippen LogP) is 3.44. The van der Waals surface area contributed by atoms with Crippen molar-refractivity contribution in [3.05, 3.63) is 18.0 Å². The molecule has 1 amide bonds. The van der Waals surface area contributed by atoms with E-state index in [9.17, 15) is 4.79 Å². The summed E-state index contributed by atoms with van der Waals surface area (Å²) in [5.41, 5.74) is 3.99. The number of fused-ring (bicyclic) bond motifs is 1. The molecule has 0 aliphatic carbocycles. The van der Waals surface area contributed by atoms with Gasteiger partial charge in [-0.3, -0.25) is 4.90 Å². The largest absolute Gasteiger partial charge is 0.487 e. The molecule has 0 fully saturated rings. The maximum Gasteiger partial charge on any atom is 0.415 e. The molecule has 0 radical (unpaired) electrons. The van der Waals surface area contributed by atoms with Gasteiger partial charge in [0.2, 0.25) is 0 Å². The number of ether oxygens (including phenoxy) is 2. The molecule has 2 heterocycles. The summed E-state index contributed by atoms with van der Waals surface area (Å²) in [6, 6.07) is 1.76. The molecule has 1 aliphatic rings. The van der Waals surface area contributed by atoms with Crippen LogP contribution in [-0.2, 0) is 4.74 Å². The molecule has 0 saturated heterocycles. The lowest BCUT2D eigenvalue weighted by Gasteiger charge is -2.31. The van der Waals surface area contributed by atoms with Crippen molar-refractivity contribution < 1.29 is 14.3 Å². The third-order valence-electron chi connectivity index (χ3n) is 2.91. The van der Waals surface area contributed by atoms with Gasteiger partial charge in [0.05, 0.1) is 12.2 Å². The lowest BCUT2D eigenvalue weighted by molar-refractivity contribution is 0.0567. The van der Waals surface area contributed by atoms with E-state index in [2.05, 4.69) is 36.1 Å². The highest BCUT2D eigenvalue weighted by atomic mass is 28.3. The number of carbonyl (C=O) groups excluding carboxylic acids is 1. The van der Waals surface area contributed by atoms with E-state index in [-0.39, 0.29) is 6.09 Å². The summed E-state index contributed by atoms with van der Waals surface area (Å²) in [6.07, 6.45) is 1.27. The van der Waals surface area contributed by atoms with Gasteiger partial charge < -0.3 is 9.47 Å². The summed E-state index contributed by atoms with van der Waals surface area (Å²) < 4.78 is 11.2. The molecule has 0 atom stereocenters. The Kier molecular flexibility index (Phi) is 4.71. The maximum absolute atomic E-state index is 12.4. The Hall–Kier alpha value is -2.00. The van der Waals surface area contributed by atoms with Crippen molar-refractivity contribution in [3.63, 3.8) is 0 Å². The first-order valence-electron chi connectivity index (χ1n) is 7.72. The van der Waals surface area contributed by atoms with E-state index in [1.807, 2.05) is 20.8 Å². The van der Waals surface area contributed by atoms with E-state index in [0.717, 1.165) is 0 Å². The number of anilines is 1. The van der Waals surface area contributed by atoms with Crippen LogP contribution in [0.3, 0.4) is 0 Å². The van der Waals surface area contributed by atoms with Crippen LogP contribution in [0.5, 0.6) is 5.75 Å². The number of amides is 1. The topological polar surface area (TPSA) is 51.7 Å². The van der Waals surface area contributed by atoms with E-state index in [4.69, 9.17) is 9.47 Å². The van der Waals surface area contributed by atoms with Gasteiger partial charge in [-0.05, 0) is 26.8 Å². The summed E-state index contributed by atoms with van der Waals surface area (Å²) in [5.74, 6) is 3.68. The molecule has 0 spiro atoms. The first-order valence-corrected chi connectivity index (χ1v) is 11.2. The van der Waals surface area contributed by atoms with E-state index < -0.39 is 13.7 Å². The van der Waals surface area contributed by atoms with Gasteiger partial charge in [0.1, 0.15) is 20.3 Å². The molecule has 0 N–H and O–H groups in total. The normalized spacial score (nSPS) is 14.3. The van der Waals surface area contributed by atoms with Gasteiger partial charge >= 0.3 is 6.09 Å². The van der Waals surface area contributed by atoms with Crippen LogP contribution < -0.4 is 9.64 Å². The van der Waals surface area contributed by atoms with Gasteiger partial charge in [0.15, 0.2) is 11.4 Å². The van der Waals surface area contributed by atoms with E-state index in [1.54, 1.807) is 17.2 Å². The van der Waals surface area contributed by atoms with Crippen LogP contribution in [-0.4, -0.2) is 37.9 Å². The van der Waals surface area contributed by atoms with Crippen LogP contribution in [0.2, 0.25) is 19.6 Å². The number of nitrogens with zero attached hydrogens (tertiary/aromatic N) is 2. The van der Waals surface area contributed by atoms with E-state index >= 15 is 0 Å². The zero-order valence-electron chi connectivity index (χ0n) is 14.7. The third-order valence-corrected chi connectivity index (χ3v) is 3.78. The minimum atomic E-state index is -1.52. The van der Waals surface area contributed by atoms with Gasteiger partial charge in [-0.15, -0.1) is 5.54 Å². The summed E-state index contributed by atoms with van der Waals surface area (Å²) in [6.45, 7) is 12.9. The summed E-state index contributed by atoms with van der Waals surface area (Å²) in [4.78, 5) is 18.3. The lowest BCUT2D eigenvalue weighted by atomic mass is 10.2. The zero-order chi connectivity index (χ0) is 17.3. The molecule has 1 aromatic heterocycles. The second-order valence-corrected chi connectivity index (χ2v) is 12.2. The van der Waals surface area contributed by atoms with Crippen LogP contribution in [0.4, 0.5) is 10.5 Å². The van der Waals surface area contributed by atoms with Crippen LogP contribution in [0, 0.1) is 11.5 Å². The highest BCUT2D eigenvalue weighted by Gasteiger charge is 2.29. The van der Waals surface area contributed by atoms with Gasteiger partial charge in [0.25, 0.3) is 0 Å². The Labute approximate surface area is 139 Å². The lowest BCUT2D eigenvalue weighted by Crippen LogP contribution is -2.41. The van der Waals surface area contributed by atoms with E-state index in [0.29, 0.717) is 30.3 Å². The quantitative estimate of drug-likeness (QED) is 0.539. The summed E-state index contributed by atoms with van der Waals surface area (Å²) >= 11 is 0. The molecule has 0 aromatic carbocycles. The summed E-state index contributed by atoms with van der Waals surface area (Å²) in [5, 5.41) is 0. The maximum atomic E-state index is 12.4. The van der Waals surface area contributed by atoms with Gasteiger partial charge in [-0.1, -0.05) is 25.6 Å². The molecule has 23 heavy (non-hydrogen) atoms. The molecule has 5 nitrogen and oxygen atoms in total. The van der Waals surface area contributed by atoms with Crippen molar-refractivity contribution in [1.82, 2.24) is 4.98 Å². The fourth-order valence-corrected chi connectivity index (χ4v) is 2.49.